The van der Waals surface area contributed by atoms with E-state index in [0.717, 1.165) is 0 Å². The van der Waals surface area contributed by atoms with E-state index in [1.807, 2.05) is 13.8 Å². The number of ether oxygens (including phenoxy) is 2. The Morgan fingerprint density at radius 1 is 0.929 bits per heavy atom. The highest BCUT2D eigenvalue weighted by Crippen LogP contribution is 2.14. The quantitative estimate of drug-likeness (QED) is 0.649. The van der Waals surface area contributed by atoms with Gasteiger partial charge in [-0.25, -0.2) is 0 Å². The van der Waals surface area contributed by atoms with E-state index in [1.165, 1.54) is 13.8 Å². The minimum atomic E-state index is -0.406. The van der Waals surface area contributed by atoms with Crippen LogP contribution >= 0.6 is 0 Å². The molecular formula is C10H18O4. The average molecular weight is 202 g/mol. The van der Waals surface area contributed by atoms with Gasteiger partial charge in [0.05, 0.1) is 0 Å². The molecule has 0 aromatic heterocycles. The fourth-order valence-corrected chi connectivity index (χ4v) is 1.29. The van der Waals surface area contributed by atoms with Crippen molar-refractivity contribution in [2.45, 2.75) is 46.8 Å². The van der Waals surface area contributed by atoms with Crippen LogP contribution in [0.2, 0.25) is 0 Å². The molecule has 0 amide bonds. The summed E-state index contributed by atoms with van der Waals surface area (Å²) in [6.07, 6.45) is -0.784. The Morgan fingerprint density at radius 2 is 1.36 bits per heavy atom. The van der Waals surface area contributed by atoms with Crippen LogP contribution in [0.4, 0.5) is 0 Å². The molecule has 0 aromatic rings. The summed E-state index contributed by atoms with van der Waals surface area (Å²) >= 11 is 0. The number of esters is 2. The number of hydrogen-bond acceptors (Lipinski definition) is 4. The molecule has 0 aliphatic heterocycles. The monoisotopic (exact) mass is 202 g/mol. The fourth-order valence-electron chi connectivity index (χ4n) is 1.29. The Balaban J connectivity index is 4.32. The topological polar surface area (TPSA) is 52.6 Å². The summed E-state index contributed by atoms with van der Waals surface area (Å²) in [6, 6.07) is 0. The Labute approximate surface area is 84.6 Å². The smallest absolute Gasteiger partial charge is 0.303 e. The molecule has 0 bridgehead atoms. The highest BCUT2D eigenvalue weighted by molar-refractivity contribution is 5.67. The molecule has 0 aliphatic carbocycles. The summed E-state index contributed by atoms with van der Waals surface area (Å²) in [5, 5.41) is 0. The highest BCUT2D eigenvalue weighted by Gasteiger charge is 2.25. The zero-order valence-electron chi connectivity index (χ0n) is 9.37. The molecule has 0 aromatic carbocycles. The van der Waals surface area contributed by atoms with Gasteiger partial charge in [0.2, 0.25) is 0 Å². The molecule has 2 unspecified atom stereocenters. The van der Waals surface area contributed by atoms with E-state index in [-0.39, 0.29) is 24.0 Å². The van der Waals surface area contributed by atoms with Crippen molar-refractivity contribution in [1.29, 1.82) is 0 Å². The predicted octanol–water partition coefficient (Wildman–Crippen LogP) is 1.53. The van der Waals surface area contributed by atoms with E-state index >= 15 is 0 Å². The average Bonchev–Trinajstić information content (AvgIpc) is 1.97. The largest absolute Gasteiger partial charge is 0.459 e. The third-order valence-corrected chi connectivity index (χ3v) is 1.77. The van der Waals surface area contributed by atoms with E-state index in [9.17, 15) is 9.59 Å². The Hall–Kier alpha value is -1.06. The first-order valence-electron chi connectivity index (χ1n) is 4.69. The second-order valence-corrected chi connectivity index (χ2v) is 3.63. The van der Waals surface area contributed by atoms with Gasteiger partial charge in [-0.05, 0) is 12.8 Å². The molecule has 0 N–H and O–H groups in total. The minimum absolute atomic E-state index is 0.119. The van der Waals surface area contributed by atoms with Crippen LogP contribution in [-0.4, -0.2) is 24.1 Å². The van der Waals surface area contributed by atoms with Crippen LogP contribution in [0.15, 0.2) is 0 Å². The van der Waals surface area contributed by atoms with Crippen LogP contribution < -0.4 is 0 Å². The van der Waals surface area contributed by atoms with Gasteiger partial charge in [-0.15, -0.1) is 0 Å². The molecule has 0 fully saturated rings. The van der Waals surface area contributed by atoms with Crippen molar-refractivity contribution in [1.82, 2.24) is 0 Å². The lowest BCUT2D eigenvalue weighted by Crippen LogP contribution is -2.36. The number of carbonyl (C=O) groups is 2. The second-order valence-electron chi connectivity index (χ2n) is 3.63. The summed E-state index contributed by atoms with van der Waals surface area (Å²) in [4.78, 5) is 21.5. The standard InChI is InChI=1S/C10H18O4/c1-6(2)10(14-9(5)12)7(3)13-8(4)11/h6-7,10H,1-5H3. The maximum Gasteiger partial charge on any atom is 0.303 e. The van der Waals surface area contributed by atoms with Gasteiger partial charge in [0.1, 0.15) is 12.2 Å². The van der Waals surface area contributed by atoms with Gasteiger partial charge in [0.15, 0.2) is 0 Å². The van der Waals surface area contributed by atoms with Gasteiger partial charge in [0, 0.05) is 13.8 Å². The molecule has 0 heterocycles. The van der Waals surface area contributed by atoms with E-state index in [0.29, 0.717) is 0 Å². The first-order valence-corrected chi connectivity index (χ1v) is 4.69. The Morgan fingerprint density at radius 3 is 1.64 bits per heavy atom. The molecule has 82 valence electrons. The summed E-state index contributed by atoms with van der Waals surface area (Å²) in [7, 11) is 0. The Bertz CT molecular complexity index is 210. The molecule has 0 saturated carbocycles. The molecule has 0 saturated heterocycles. The predicted molar refractivity (Wildman–Crippen MR) is 51.6 cm³/mol. The van der Waals surface area contributed by atoms with Gasteiger partial charge in [-0.2, -0.15) is 0 Å². The molecular weight excluding hydrogens is 184 g/mol. The molecule has 4 heteroatoms. The Kier molecular flexibility index (Phi) is 5.20. The maximum absolute atomic E-state index is 10.8. The first kappa shape index (κ1) is 12.9. The molecule has 0 aliphatic rings. The van der Waals surface area contributed by atoms with Crippen LogP contribution in [0.3, 0.4) is 0 Å². The van der Waals surface area contributed by atoms with Crippen molar-refractivity contribution in [2.24, 2.45) is 5.92 Å². The SMILES string of the molecule is CC(=O)OC(C)C(OC(C)=O)C(C)C. The highest BCUT2D eigenvalue weighted by atomic mass is 16.6. The summed E-state index contributed by atoms with van der Waals surface area (Å²) in [5.41, 5.74) is 0. The van der Waals surface area contributed by atoms with E-state index in [2.05, 4.69) is 0 Å². The first-order chi connectivity index (χ1) is 6.34. The van der Waals surface area contributed by atoms with E-state index < -0.39 is 6.10 Å². The molecule has 0 spiro atoms. The number of rotatable bonds is 4. The van der Waals surface area contributed by atoms with Crippen molar-refractivity contribution >= 4 is 11.9 Å². The van der Waals surface area contributed by atoms with Crippen LogP contribution in [-0.2, 0) is 19.1 Å². The van der Waals surface area contributed by atoms with Crippen molar-refractivity contribution in [3.63, 3.8) is 0 Å². The van der Waals surface area contributed by atoms with Crippen LogP contribution in [0.25, 0.3) is 0 Å². The third-order valence-electron chi connectivity index (χ3n) is 1.77. The van der Waals surface area contributed by atoms with Gasteiger partial charge in [0.25, 0.3) is 0 Å². The van der Waals surface area contributed by atoms with Crippen molar-refractivity contribution in [3.05, 3.63) is 0 Å². The summed E-state index contributed by atoms with van der Waals surface area (Å²) in [6.45, 7) is 8.22. The van der Waals surface area contributed by atoms with E-state index in [4.69, 9.17) is 9.47 Å². The van der Waals surface area contributed by atoms with Crippen molar-refractivity contribution in [2.75, 3.05) is 0 Å². The van der Waals surface area contributed by atoms with Crippen molar-refractivity contribution < 1.29 is 19.1 Å². The summed E-state index contributed by atoms with van der Waals surface area (Å²) < 4.78 is 10.0. The van der Waals surface area contributed by atoms with Crippen LogP contribution in [0.5, 0.6) is 0 Å². The third kappa shape index (κ3) is 4.84. The van der Waals surface area contributed by atoms with Gasteiger partial charge in [-0.1, -0.05) is 13.8 Å². The lowest BCUT2D eigenvalue weighted by Gasteiger charge is -2.26. The van der Waals surface area contributed by atoms with E-state index in [1.54, 1.807) is 6.92 Å². The minimum Gasteiger partial charge on any atom is -0.459 e. The molecule has 2 atom stereocenters. The van der Waals surface area contributed by atoms with Crippen molar-refractivity contribution in [3.8, 4) is 0 Å². The number of hydrogen-bond donors (Lipinski definition) is 0. The second kappa shape index (κ2) is 5.62. The van der Waals surface area contributed by atoms with Gasteiger partial charge >= 0.3 is 11.9 Å². The maximum atomic E-state index is 10.8. The molecule has 4 nitrogen and oxygen atoms in total. The molecule has 14 heavy (non-hydrogen) atoms. The van der Waals surface area contributed by atoms with Gasteiger partial charge < -0.3 is 9.47 Å². The fraction of sp³-hybridized carbons (Fsp3) is 0.800. The number of carbonyl (C=O) groups excluding carboxylic acids is 2. The zero-order valence-corrected chi connectivity index (χ0v) is 9.37. The van der Waals surface area contributed by atoms with Crippen LogP contribution in [0, 0.1) is 5.92 Å². The summed E-state index contributed by atoms with van der Waals surface area (Å²) in [5.74, 6) is -0.605. The van der Waals surface area contributed by atoms with Gasteiger partial charge in [-0.3, -0.25) is 9.59 Å². The zero-order chi connectivity index (χ0) is 11.3. The molecule has 0 radical (unpaired) electrons. The molecule has 0 rings (SSSR count). The lowest BCUT2D eigenvalue weighted by atomic mass is 10.0. The normalized spacial score (nSPS) is 14.7. The lowest BCUT2D eigenvalue weighted by molar-refractivity contribution is -0.167. The van der Waals surface area contributed by atoms with Crippen LogP contribution in [0.1, 0.15) is 34.6 Å².